The predicted octanol–water partition coefficient (Wildman–Crippen LogP) is 1.70. The van der Waals surface area contributed by atoms with Gasteiger partial charge in [0.15, 0.2) is 0 Å². The normalized spacial score (nSPS) is 17.3. The highest BCUT2D eigenvalue weighted by molar-refractivity contribution is 6.29. The number of nitrogens with zero attached hydrogens (tertiary/aromatic N) is 4. The van der Waals surface area contributed by atoms with Crippen LogP contribution < -0.4 is 10.2 Å². The van der Waals surface area contributed by atoms with Crippen LogP contribution in [0, 0.1) is 0 Å². The van der Waals surface area contributed by atoms with E-state index in [1.165, 1.54) is 0 Å². The van der Waals surface area contributed by atoms with Gasteiger partial charge in [-0.05, 0) is 20.9 Å². The highest BCUT2D eigenvalue weighted by atomic mass is 35.5. The third-order valence-corrected chi connectivity index (χ3v) is 3.10. The summed E-state index contributed by atoms with van der Waals surface area (Å²) < 4.78 is 0. The standard InChI is InChI=1S/C12H20ClN5/c1-9(2)14-11-8-10(13)15-12(16-11)18-6-4-17(3)5-7-18/h8-9H,4-7H2,1-3H3,(H,14,15,16). The zero-order valence-electron chi connectivity index (χ0n) is 11.1. The molecule has 1 saturated heterocycles. The number of halogens is 1. The number of piperazine rings is 1. The van der Waals surface area contributed by atoms with Crippen LogP contribution >= 0.6 is 11.6 Å². The van der Waals surface area contributed by atoms with E-state index in [9.17, 15) is 0 Å². The van der Waals surface area contributed by atoms with Crippen molar-refractivity contribution >= 4 is 23.4 Å². The second kappa shape index (κ2) is 5.71. The molecule has 0 unspecified atom stereocenters. The molecule has 6 heteroatoms. The Kier molecular flexibility index (Phi) is 4.24. The van der Waals surface area contributed by atoms with E-state index < -0.39 is 0 Å². The summed E-state index contributed by atoms with van der Waals surface area (Å²) in [5.41, 5.74) is 0. The van der Waals surface area contributed by atoms with Crippen LogP contribution in [0.3, 0.4) is 0 Å². The van der Waals surface area contributed by atoms with Gasteiger partial charge in [0.05, 0.1) is 0 Å². The Morgan fingerprint density at radius 3 is 2.50 bits per heavy atom. The molecule has 1 fully saturated rings. The molecule has 0 aliphatic carbocycles. The zero-order chi connectivity index (χ0) is 13.1. The van der Waals surface area contributed by atoms with Crippen LogP contribution in [0.4, 0.5) is 11.8 Å². The Morgan fingerprint density at radius 2 is 1.89 bits per heavy atom. The van der Waals surface area contributed by atoms with Crippen molar-refractivity contribution in [3.8, 4) is 0 Å². The van der Waals surface area contributed by atoms with Crippen molar-refractivity contribution in [2.75, 3.05) is 43.4 Å². The summed E-state index contributed by atoms with van der Waals surface area (Å²) in [4.78, 5) is 13.3. The molecule has 1 N–H and O–H groups in total. The number of anilines is 2. The SMILES string of the molecule is CC(C)Nc1cc(Cl)nc(N2CCN(C)CC2)n1. The highest BCUT2D eigenvalue weighted by Gasteiger charge is 2.17. The molecule has 0 aromatic carbocycles. The lowest BCUT2D eigenvalue weighted by Gasteiger charge is -2.32. The van der Waals surface area contributed by atoms with Gasteiger partial charge >= 0.3 is 0 Å². The molecule has 1 aliphatic heterocycles. The van der Waals surface area contributed by atoms with E-state index in [2.05, 4.69) is 46.0 Å². The van der Waals surface area contributed by atoms with Crippen LogP contribution in [0.1, 0.15) is 13.8 Å². The fraction of sp³-hybridized carbons (Fsp3) is 0.667. The third-order valence-electron chi connectivity index (χ3n) is 2.91. The number of rotatable bonds is 3. The van der Waals surface area contributed by atoms with Crippen LogP contribution in [0.25, 0.3) is 0 Å². The molecule has 100 valence electrons. The Balaban J connectivity index is 2.14. The molecular weight excluding hydrogens is 250 g/mol. The molecule has 0 spiro atoms. The monoisotopic (exact) mass is 269 g/mol. The van der Waals surface area contributed by atoms with Crippen LogP contribution in [0.15, 0.2) is 6.07 Å². The maximum atomic E-state index is 6.05. The molecule has 0 amide bonds. The summed E-state index contributed by atoms with van der Waals surface area (Å²) in [7, 11) is 2.13. The first-order valence-electron chi connectivity index (χ1n) is 6.29. The van der Waals surface area contributed by atoms with Gasteiger partial charge in [-0.2, -0.15) is 4.98 Å². The average molecular weight is 270 g/mol. The number of hydrogen-bond donors (Lipinski definition) is 1. The number of aromatic nitrogens is 2. The maximum absolute atomic E-state index is 6.05. The van der Waals surface area contributed by atoms with E-state index in [1.807, 2.05) is 0 Å². The van der Waals surface area contributed by atoms with E-state index in [4.69, 9.17) is 11.6 Å². The van der Waals surface area contributed by atoms with Gasteiger partial charge in [-0.1, -0.05) is 11.6 Å². The molecular formula is C12H20ClN5. The second-order valence-electron chi connectivity index (χ2n) is 4.97. The van der Waals surface area contributed by atoms with Crippen LogP contribution in [-0.4, -0.2) is 54.1 Å². The number of likely N-dealkylation sites (N-methyl/N-ethyl adjacent to an activating group) is 1. The predicted molar refractivity (Wildman–Crippen MR) is 75.5 cm³/mol. The molecule has 2 rings (SSSR count). The largest absolute Gasteiger partial charge is 0.368 e. The first-order valence-corrected chi connectivity index (χ1v) is 6.67. The molecule has 1 aliphatic rings. The van der Waals surface area contributed by atoms with Crippen LogP contribution in [-0.2, 0) is 0 Å². The Bertz CT molecular complexity index is 401. The fourth-order valence-corrected chi connectivity index (χ4v) is 2.10. The van der Waals surface area contributed by atoms with Gasteiger partial charge in [0.25, 0.3) is 0 Å². The van der Waals surface area contributed by atoms with E-state index in [-0.39, 0.29) is 0 Å². The first kappa shape index (κ1) is 13.4. The molecule has 0 radical (unpaired) electrons. The maximum Gasteiger partial charge on any atom is 0.228 e. The summed E-state index contributed by atoms with van der Waals surface area (Å²) in [5.74, 6) is 1.51. The molecule has 1 aromatic heterocycles. The zero-order valence-corrected chi connectivity index (χ0v) is 11.9. The minimum absolute atomic E-state index is 0.330. The summed E-state index contributed by atoms with van der Waals surface area (Å²) >= 11 is 6.05. The van der Waals surface area contributed by atoms with Crippen molar-refractivity contribution in [3.05, 3.63) is 11.2 Å². The minimum atomic E-state index is 0.330. The van der Waals surface area contributed by atoms with Crippen molar-refractivity contribution in [3.63, 3.8) is 0 Å². The second-order valence-corrected chi connectivity index (χ2v) is 5.35. The van der Waals surface area contributed by atoms with Crippen molar-refractivity contribution in [1.29, 1.82) is 0 Å². The van der Waals surface area contributed by atoms with Crippen molar-refractivity contribution < 1.29 is 0 Å². The Labute approximate surface area is 113 Å². The van der Waals surface area contributed by atoms with Crippen molar-refractivity contribution in [1.82, 2.24) is 14.9 Å². The fourth-order valence-electron chi connectivity index (χ4n) is 1.92. The number of hydrogen-bond acceptors (Lipinski definition) is 5. The highest BCUT2D eigenvalue weighted by Crippen LogP contribution is 2.18. The smallest absolute Gasteiger partial charge is 0.228 e. The van der Waals surface area contributed by atoms with Gasteiger partial charge in [-0.15, -0.1) is 0 Å². The molecule has 0 atom stereocenters. The van der Waals surface area contributed by atoms with Gasteiger partial charge in [0, 0.05) is 38.3 Å². The van der Waals surface area contributed by atoms with Gasteiger partial charge in [0.2, 0.25) is 5.95 Å². The molecule has 5 nitrogen and oxygen atoms in total. The minimum Gasteiger partial charge on any atom is -0.368 e. The molecule has 0 bridgehead atoms. The Morgan fingerprint density at radius 1 is 1.22 bits per heavy atom. The van der Waals surface area contributed by atoms with Gasteiger partial charge in [-0.3, -0.25) is 0 Å². The average Bonchev–Trinajstić information content (AvgIpc) is 2.28. The third kappa shape index (κ3) is 3.46. The lowest BCUT2D eigenvalue weighted by atomic mass is 10.3. The summed E-state index contributed by atoms with van der Waals surface area (Å²) in [6, 6.07) is 2.09. The summed E-state index contributed by atoms with van der Waals surface area (Å²) in [6.45, 7) is 8.10. The Hall–Kier alpha value is -1.07. The van der Waals surface area contributed by atoms with E-state index in [0.29, 0.717) is 11.2 Å². The van der Waals surface area contributed by atoms with Gasteiger partial charge in [0.1, 0.15) is 11.0 Å². The topological polar surface area (TPSA) is 44.3 Å². The molecule has 0 saturated carbocycles. The van der Waals surface area contributed by atoms with Crippen LogP contribution in [0.5, 0.6) is 0 Å². The van der Waals surface area contributed by atoms with Gasteiger partial charge in [-0.25, -0.2) is 4.98 Å². The summed E-state index contributed by atoms with van der Waals surface area (Å²) in [5, 5.41) is 3.75. The number of nitrogens with one attached hydrogen (secondary N) is 1. The van der Waals surface area contributed by atoms with Gasteiger partial charge < -0.3 is 15.1 Å². The van der Waals surface area contributed by atoms with Crippen LogP contribution in [0.2, 0.25) is 5.15 Å². The summed E-state index contributed by atoms with van der Waals surface area (Å²) in [6.07, 6.45) is 0. The first-order chi connectivity index (χ1) is 8.54. The van der Waals surface area contributed by atoms with Crippen molar-refractivity contribution in [2.24, 2.45) is 0 Å². The van der Waals surface area contributed by atoms with E-state index in [1.54, 1.807) is 6.07 Å². The van der Waals surface area contributed by atoms with Crippen molar-refractivity contribution in [2.45, 2.75) is 19.9 Å². The lowest BCUT2D eigenvalue weighted by molar-refractivity contribution is 0.311. The molecule has 2 heterocycles. The molecule has 18 heavy (non-hydrogen) atoms. The van der Waals surface area contributed by atoms with E-state index >= 15 is 0 Å². The lowest BCUT2D eigenvalue weighted by Crippen LogP contribution is -2.45. The quantitative estimate of drug-likeness (QED) is 0.847. The molecule has 1 aromatic rings. The van der Waals surface area contributed by atoms with E-state index in [0.717, 1.165) is 37.9 Å².